The number of likely N-dealkylation sites (tertiary alicyclic amines) is 1. The topological polar surface area (TPSA) is 62.8 Å². The monoisotopic (exact) mass is 527 g/mol. The summed E-state index contributed by atoms with van der Waals surface area (Å²) in [5, 5.41) is 6.25. The van der Waals surface area contributed by atoms with E-state index in [-0.39, 0.29) is 17.5 Å². The van der Waals surface area contributed by atoms with Crippen molar-refractivity contribution in [3.05, 3.63) is 52.5 Å². The van der Waals surface area contributed by atoms with Crippen LogP contribution in [-0.4, -0.2) is 50.3 Å². The van der Waals surface area contributed by atoms with Crippen LogP contribution in [0.3, 0.4) is 0 Å². The number of fused-ring (bicyclic) bond motifs is 1. The maximum Gasteiger partial charge on any atom is 0.319 e. The Labute approximate surface area is 210 Å². The maximum atomic E-state index is 12.8. The fourth-order valence-electron chi connectivity index (χ4n) is 6.03. The van der Waals surface area contributed by atoms with Crippen molar-refractivity contribution in [2.24, 2.45) is 5.92 Å². The number of carbonyl (C=O) groups is 1. The van der Waals surface area contributed by atoms with Crippen LogP contribution in [0, 0.1) is 5.92 Å². The number of benzene rings is 2. The SMILES string of the molecule is COc1ccc([C@@]23CC[C@@H](NC(=O)Nc4cccc(Br)c4)C[C@@H]2N(CC2CC2)CC3)cc1OC. The molecule has 1 aliphatic heterocycles. The van der Waals surface area contributed by atoms with Gasteiger partial charge in [0.05, 0.1) is 14.2 Å². The summed E-state index contributed by atoms with van der Waals surface area (Å²) in [4.78, 5) is 15.5. The van der Waals surface area contributed by atoms with Crippen LogP contribution in [0.15, 0.2) is 46.9 Å². The van der Waals surface area contributed by atoms with E-state index in [1.807, 2.05) is 30.3 Å². The summed E-state index contributed by atoms with van der Waals surface area (Å²) in [6, 6.07) is 14.6. The van der Waals surface area contributed by atoms with Gasteiger partial charge in [-0.3, -0.25) is 4.90 Å². The largest absolute Gasteiger partial charge is 0.493 e. The molecule has 2 aliphatic carbocycles. The van der Waals surface area contributed by atoms with Crippen LogP contribution in [0.4, 0.5) is 10.5 Å². The average molecular weight is 528 g/mol. The molecule has 1 saturated heterocycles. The Kier molecular flexibility index (Phi) is 6.76. The van der Waals surface area contributed by atoms with E-state index in [4.69, 9.17) is 9.47 Å². The molecular weight excluding hydrogens is 494 g/mol. The van der Waals surface area contributed by atoms with E-state index in [9.17, 15) is 4.79 Å². The summed E-state index contributed by atoms with van der Waals surface area (Å²) in [5.41, 5.74) is 2.22. The Hall–Kier alpha value is -2.25. The molecule has 34 heavy (non-hydrogen) atoms. The molecule has 0 radical (unpaired) electrons. The first-order valence-corrected chi connectivity index (χ1v) is 13.1. The van der Waals surface area contributed by atoms with Gasteiger partial charge in [-0.05, 0) is 86.9 Å². The Morgan fingerprint density at radius 2 is 1.91 bits per heavy atom. The highest BCUT2D eigenvalue weighted by atomic mass is 79.9. The van der Waals surface area contributed by atoms with Crippen LogP contribution < -0.4 is 20.1 Å². The number of halogens is 1. The summed E-state index contributed by atoms with van der Waals surface area (Å²) in [6.45, 7) is 2.29. The Balaban J connectivity index is 1.34. The van der Waals surface area contributed by atoms with Crippen molar-refractivity contribution < 1.29 is 14.3 Å². The smallest absolute Gasteiger partial charge is 0.319 e. The lowest BCUT2D eigenvalue weighted by Crippen LogP contribution is -2.53. The molecule has 3 fully saturated rings. The summed E-state index contributed by atoms with van der Waals surface area (Å²) in [5.74, 6) is 2.41. The average Bonchev–Trinajstić information content (AvgIpc) is 3.58. The second kappa shape index (κ2) is 9.78. The quantitative estimate of drug-likeness (QED) is 0.494. The van der Waals surface area contributed by atoms with Crippen molar-refractivity contribution in [2.75, 3.05) is 32.6 Å². The van der Waals surface area contributed by atoms with Crippen LogP contribution in [-0.2, 0) is 5.41 Å². The van der Waals surface area contributed by atoms with Gasteiger partial charge in [0, 0.05) is 34.2 Å². The van der Waals surface area contributed by atoms with Gasteiger partial charge in [0.25, 0.3) is 0 Å². The second-order valence-corrected chi connectivity index (χ2v) is 10.9. The molecule has 2 saturated carbocycles. The number of amides is 2. The van der Waals surface area contributed by atoms with Crippen molar-refractivity contribution in [3.8, 4) is 11.5 Å². The minimum absolute atomic E-state index is 0.0907. The van der Waals surface area contributed by atoms with Gasteiger partial charge in [0.2, 0.25) is 0 Å². The molecule has 0 bridgehead atoms. The van der Waals surface area contributed by atoms with Gasteiger partial charge in [-0.2, -0.15) is 0 Å². The van der Waals surface area contributed by atoms with Crippen molar-refractivity contribution in [1.29, 1.82) is 0 Å². The molecule has 0 unspecified atom stereocenters. The Morgan fingerprint density at radius 3 is 2.65 bits per heavy atom. The molecule has 5 rings (SSSR count). The molecule has 0 spiro atoms. The minimum Gasteiger partial charge on any atom is -0.493 e. The van der Waals surface area contributed by atoms with Crippen molar-refractivity contribution in [3.63, 3.8) is 0 Å². The van der Waals surface area contributed by atoms with Gasteiger partial charge in [-0.15, -0.1) is 0 Å². The number of nitrogens with zero attached hydrogens (tertiary/aromatic N) is 1. The van der Waals surface area contributed by atoms with Gasteiger partial charge < -0.3 is 20.1 Å². The lowest BCUT2D eigenvalue weighted by atomic mass is 9.65. The third kappa shape index (κ3) is 4.78. The number of rotatable bonds is 7. The molecule has 2 N–H and O–H groups in total. The van der Waals surface area contributed by atoms with E-state index in [1.54, 1.807) is 14.2 Å². The lowest BCUT2D eigenvalue weighted by molar-refractivity contribution is 0.132. The molecule has 2 amide bonds. The number of carbonyl (C=O) groups excluding carboxylic acids is 1. The zero-order valence-corrected chi connectivity index (χ0v) is 21.6. The highest BCUT2D eigenvalue weighted by Gasteiger charge is 2.52. The van der Waals surface area contributed by atoms with E-state index in [2.05, 4.69) is 43.6 Å². The van der Waals surface area contributed by atoms with Crippen molar-refractivity contribution in [2.45, 2.75) is 56.0 Å². The normalized spacial score (nSPS) is 26.6. The number of hydrogen-bond donors (Lipinski definition) is 2. The summed E-state index contributed by atoms with van der Waals surface area (Å²) in [6.07, 6.45) is 6.83. The number of ether oxygens (including phenoxy) is 2. The third-order valence-corrected chi connectivity index (χ3v) is 8.43. The zero-order valence-electron chi connectivity index (χ0n) is 20.0. The first kappa shape index (κ1) is 23.5. The van der Waals surface area contributed by atoms with Gasteiger partial charge in [-0.25, -0.2) is 4.79 Å². The fraction of sp³-hybridized carbons (Fsp3) is 0.519. The van der Waals surface area contributed by atoms with Crippen LogP contribution in [0.1, 0.15) is 44.1 Å². The van der Waals surface area contributed by atoms with Gasteiger partial charge in [-0.1, -0.05) is 28.1 Å². The zero-order chi connectivity index (χ0) is 23.7. The number of methoxy groups -OCH3 is 2. The molecule has 3 aliphatic rings. The maximum absolute atomic E-state index is 12.8. The highest BCUT2D eigenvalue weighted by Crippen LogP contribution is 2.51. The predicted octanol–water partition coefficient (Wildman–Crippen LogP) is 5.56. The standard InChI is InChI=1S/C27H34BrN3O3/c1-33-23-9-8-19(14-24(23)34-2)27-11-10-22(16-25(27)31(13-12-27)17-18-6-7-18)30-26(32)29-21-5-3-4-20(28)15-21/h3-5,8-9,14-15,18,22,25H,6-7,10-13,16-17H2,1-2H3,(H2,29,30,32)/t22-,25+,27+/m1/s1. The van der Waals surface area contributed by atoms with Gasteiger partial charge in [0.1, 0.15) is 0 Å². The number of urea groups is 1. The van der Waals surface area contributed by atoms with E-state index >= 15 is 0 Å². The molecule has 182 valence electrons. The van der Waals surface area contributed by atoms with Gasteiger partial charge >= 0.3 is 6.03 Å². The predicted molar refractivity (Wildman–Crippen MR) is 138 cm³/mol. The van der Waals surface area contributed by atoms with E-state index < -0.39 is 0 Å². The van der Waals surface area contributed by atoms with Gasteiger partial charge in [0.15, 0.2) is 11.5 Å². The number of anilines is 1. The van der Waals surface area contributed by atoms with Crippen molar-refractivity contribution >= 4 is 27.6 Å². The third-order valence-electron chi connectivity index (χ3n) is 7.94. The summed E-state index contributed by atoms with van der Waals surface area (Å²) >= 11 is 3.47. The number of nitrogens with one attached hydrogen (secondary N) is 2. The fourth-order valence-corrected chi connectivity index (χ4v) is 6.43. The molecule has 0 aromatic heterocycles. The molecular formula is C27H34BrN3O3. The van der Waals surface area contributed by atoms with E-state index in [0.29, 0.717) is 6.04 Å². The first-order chi connectivity index (χ1) is 16.5. The molecule has 6 nitrogen and oxygen atoms in total. The minimum atomic E-state index is -0.131. The van der Waals surface area contributed by atoms with Crippen LogP contribution in [0.5, 0.6) is 11.5 Å². The van der Waals surface area contributed by atoms with Crippen molar-refractivity contribution in [1.82, 2.24) is 10.2 Å². The van der Waals surface area contributed by atoms with E-state index in [1.165, 1.54) is 24.9 Å². The molecule has 1 heterocycles. The Bertz CT molecular complexity index is 1040. The van der Waals surface area contributed by atoms with Crippen LogP contribution >= 0.6 is 15.9 Å². The number of hydrogen-bond acceptors (Lipinski definition) is 4. The van der Waals surface area contributed by atoms with Crippen LogP contribution in [0.2, 0.25) is 0 Å². The second-order valence-electron chi connectivity index (χ2n) is 10.0. The summed E-state index contributed by atoms with van der Waals surface area (Å²) < 4.78 is 12.1. The molecule has 3 atom stereocenters. The Morgan fingerprint density at radius 1 is 1.09 bits per heavy atom. The lowest BCUT2D eigenvalue weighted by Gasteiger charge is -2.45. The molecule has 2 aromatic carbocycles. The highest BCUT2D eigenvalue weighted by molar-refractivity contribution is 9.10. The first-order valence-electron chi connectivity index (χ1n) is 12.3. The van der Waals surface area contributed by atoms with Crippen LogP contribution in [0.25, 0.3) is 0 Å². The molecule has 2 aromatic rings. The van der Waals surface area contributed by atoms with E-state index in [0.717, 1.165) is 59.8 Å². The summed E-state index contributed by atoms with van der Waals surface area (Å²) in [7, 11) is 3.39. The molecule has 7 heteroatoms.